The van der Waals surface area contributed by atoms with Crippen LogP contribution in [-0.4, -0.2) is 38.4 Å². The van der Waals surface area contributed by atoms with Crippen molar-refractivity contribution in [3.8, 4) is 11.4 Å². The van der Waals surface area contributed by atoms with E-state index >= 15 is 0 Å². The first-order valence-corrected chi connectivity index (χ1v) is 9.59. The Labute approximate surface area is 170 Å². The lowest BCUT2D eigenvalue weighted by Crippen LogP contribution is -2.29. The van der Waals surface area contributed by atoms with Crippen LogP contribution in [0.2, 0.25) is 5.02 Å². The molecule has 4 aromatic rings. The van der Waals surface area contributed by atoms with Crippen LogP contribution in [0, 0.1) is 5.82 Å². The Morgan fingerprint density at radius 3 is 2.97 bits per heavy atom. The van der Waals surface area contributed by atoms with Crippen LogP contribution in [0.3, 0.4) is 0 Å². The summed E-state index contributed by atoms with van der Waals surface area (Å²) in [4.78, 5) is 23.9. The van der Waals surface area contributed by atoms with Gasteiger partial charge in [0.15, 0.2) is 5.65 Å². The Morgan fingerprint density at radius 2 is 2.17 bits per heavy atom. The third-order valence-electron chi connectivity index (χ3n) is 5.21. The first-order valence-electron chi connectivity index (χ1n) is 9.21. The second-order valence-electron chi connectivity index (χ2n) is 6.99. The van der Waals surface area contributed by atoms with Gasteiger partial charge in [-0.25, -0.2) is 14.4 Å². The normalized spacial score (nSPS) is 16.6. The van der Waals surface area contributed by atoms with Gasteiger partial charge in [-0.15, -0.1) is 0 Å². The lowest BCUT2D eigenvalue weighted by atomic mass is 10.2. The van der Waals surface area contributed by atoms with Gasteiger partial charge in [0.05, 0.1) is 22.9 Å². The Morgan fingerprint density at radius 1 is 1.28 bits per heavy atom. The van der Waals surface area contributed by atoms with Gasteiger partial charge in [-0.2, -0.15) is 0 Å². The zero-order valence-electron chi connectivity index (χ0n) is 15.3. The van der Waals surface area contributed by atoms with E-state index in [1.807, 2.05) is 18.2 Å². The summed E-state index contributed by atoms with van der Waals surface area (Å²) in [6, 6.07) is 9.69. The highest BCUT2D eigenvalue weighted by atomic mass is 35.5. The van der Waals surface area contributed by atoms with Crippen molar-refractivity contribution in [3.05, 3.63) is 71.5 Å². The van der Waals surface area contributed by atoms with Crippen LogP contribution < -0.4 is 0 Å². The average molecular weight is 411 g/mol. The molecule has 0 unspecified atom stereocenters. The summed E-state index contributed by atoms with van der Waals surface area (Å²) in [5.41, 5.74) is 2.80. The first kappa shape index (κ1) is 17.9. The molecule has 1 aromatic carbocycles. The largest absolute Gasteiger partial charge is 0.472 e. The maximum Gasteiger partial charge on any atom is 0.253 e. The van der Waals surface area contributed by atoms with Crippen molar-refractivity contribution >= 4 is 28.7 Å². The molecule has 6 nitrogen and oxygen atoms in total. The van der Waals surface area contributed by atoms with E-state index in [2.05, 4.69) is 9.55 Å². The molecule has 8 heteroatoms. The van der Waals surface area contributed by atoms with Gasteiger partial charge in [0.2, 0.25) is 0 Å². The van der Waals surface area contributed by atoms with Gasteiger partial charge in [-0.05, 0) is 42.8 Å². The van der Waals surface area contributed by atoms with Crippen molar-refractivity contribution in [1.82, 2.24) is 19.4 Å². The summed E-state index contributed by atoms with van der Waals surface area (Å²) >= 11 is 5.84. The van der Waals surface area contributed by atoms with Crippen LogP contribution in [-0.2, 0) is 0 Å². The Kier molecular flexibility index (Phi) is 4.32. The van der Waals surface area contributed by atoms with Crippen molar-refractivity contribution in [2.24, 2.45) is 0 Å². The van der Waals surface area contributed by atoms with Crippen LogP contribution >= 0.6 is 11.6 Å². The molecule has 1 fully saturated rings. The third-order valence-corrected chi connectivity index (χ3v) is 5.50. The number of likely N-dealkylation sites (tertiary alicyclic amines) is 1. The van der Waals surface area contributed by atoms with E-state index in [1.165, 1.54) is 18.2 Å². The molecule has 1 saturated heterocycles. The maximum atomic E-state index is 13.4. The zero-order valence-corrected chi connectivity index (χ0v) is 16.0. The maximum absolute atomic E-state index is 13.4. The smallest absolute Gasteiger partial charge is 0.253 e. The quantitative estimate of drug-likeness (QED) is 0.496. The van der Waals surface area contributed by atoms with Crippen molar-refractivity contribution in [2.75, 3.05) is 13.1 Å². The highest BCUT2D eigenvalue weighted by molar-refractivity contribution is 6.31. The summed E-state index contributed by atoms with van der Waals surface area (Å²) in [6.07, 6.45) is 5.75. The predicted molar refractivity (Wildman–Crippen MR) is 106 cm³/mol. The zero-order chi connectivity index (χ0) is 20.0. The molecule has 0 saturated carbocycles. The molecule has 1 aliphatic rings. The second kappa shape index (κ2) is 7.00. The minimum atomic E-state index is -0.539. The number of halogens is 2. The van der Waals surface area contributed by atoms with E-state index < -0.39 is 5.82 Å². The number of hydrogen-bond donors (Lipinski definition) is 0. The monoisotopic (exact) mass is 410 g/mol. The number of aromatic nitrogens is 3. The highest BCUT2D eigenvalue weighted by Gasteiger charge is 2.31. The number of carbonyl (C=O) groups is 1. The summed E-state index contributed by atoms with van der Waals surface area (Å²) < 4.78 is 20.7. The van der Waals surface area contributed by atoms with Gasteiger partial charge >= 0.3 is 0 Å². The number of furan rings is 1. The highest BCUT2D eigenvalue weighted by Crippen LogP contribution is 2.33. The molecular formula is C21H16ClFN4O2. The summed E-state index contributed by atoms with van der Waals surface area (Å²) in [7, 11) is 0. The van der Waals surface area contributed by atoms with E-state index in [-0.39, 0.29) is 17.0 Å². The number of amides is 1. The van der Waals surface area contributed by atoms with E-state index in [1.54, 1.807) is 23.6 Å². The predicted octanol–water partition coefficient (Wildman–Crippen LogP) is 4.57. The summed E-state index contributed by atoms with van der Waals surface area (Å²) in [5.74, 6) is 0.0523. The molecule has 3 aromatic heterocycles. The molecule has 29 heavy (non-hydrogen) atoms. The first-order chi connectivity index (χ1) is 14.1. The molecule has 0 aliphatic carbocycles. The number of benzene rings is 1. The molecule has 1 amide bonds. The van der Waals surface area contributed by atoms with Crippen LogP contribution in [0.5, 0.6) is 0 Å². The van der Waals surface area contributed by atoms with Gasteiger partial charge in [0.1, 0.15) is 23.4 Å². The van der Waals surface area contributed by atoms with E-state index in [0.29, 0.717) is 18.7 Å². The Bertz CT molecular complexity index is 1200. The van der Waals surface area contributed by atoms with Gasteiger partial charge < -0.3 is 13.9 Å². The molecule has 1 atom stereocenters. The number of pyridine rings is 1. The number of carbonyl (C=O) groups excluding carboxylic acids is 1. The average Bonchev–Trinajstić information content (AvgIpc) is 3.47. The molecule has 1 aliphatic heterocycles. The fourth-order valence-corrected chi connectivity index (χ4v) is 4.00. The van der Waals surface area contributed by atoms with Gasteiger partial charge in [-0.1, -0.05) is 11.6 Å². The Balaban J connectivity index is 1.48. The van der Waals surface area contributed by atoms with Crippen molar-refractivity contribution in [2.45, 2.75) is 12.5 Å². The van der Waals surface area contributed by atoms with E-state index in [4.69, 9.17) is 21.0 Å². The fourth-order valence-electron chi connectivity index (χ4n) is 3.82. The van der Waals surface area contributed by atoms with Gasteiger partial charge in [-0.3, -0.25) is 4.79 Å². The van der Waals surface area contributed by atoms with Gasteiger partial charge in [0.25, 0.3) is 5.91 Å². The number of imidazole rings is 1. The van der Waals surface area contributed by atoms with Gasteiger partial charge in [0, 0.05) is 24.8 Å². The van der Waals surface area contributed by atoms with Crippen molar-refractivity contribution in [1.29, 1.82) is 0 Å². The van der Waals surface area contributed by atoms with E-state index in [0.717, 1.165) is 29.0 Å². The van der Waals surface area contributed by atoms with Crippen LogP contribution in [0.1, 0.15) is 22.8 Å². The fraction of sp³-hybridized carbons (Fsp3) is 0.190. The van der Waals surface area contributed by atoms with Crippen molar-refractivity contribution < 1.29 is 13.6 Å². The number of rotatable bonds is 3. The summed E-state index contributed by atoms with van der Waals surface area (Å²) in [5, 5.41) is -0.0568. The SMILES string of the molecule is O=C(c1ccc(F)c(Cl)c1)N1CC[C@@H](n2c(-c3ccoc3)nc3cccnc32)C1. The molecule has 0 radical (unpaired) electrons. The van der Waals surface area contributed by atoms with Crippen LogP contribution in [0.4, 0.5) is 4.39 Å². The molecule has 0 bridgehead atoms. The third kappa shape index (κ3) is 3.07. The van der Waals surface area contributed by atoms with Crippen LogP contribution in [0.25, 0.3) is 22.6 Å². The lowest BCUT2D eigenvalue weighted by Gasteiger charge is -2.19. The standard InChI is InChI=1S/C21H16ClFN4O2/c22-16-10-13(3-4-17(16)23)21(28)26-8-5-15(11-26)27-19(14-6-9-29-12-14)25-18-2-1-7-24-20(18)27/h1-4,6-7,9-10,12,15H,5,8,11H2/t15-/m1/s1. The molecule has 0 spiro atoms. The minimum absolute atomic E-state index is 0.0136. The molecular weight excluding hydrogens is 395 g/mol. The number of hydrogen-bond acceptors (Lipinski definition) is 4. The molecule has 5 rings (SSSR count). The topological polar surface area (TPSA) is 64.2 Å². The number of nitrogens with zero attached hydrogens (tertiary/aromatic N) is 4. The molecule has 0 N–H and O–H groups in total. The Hall–Kier alpha value is -3.19. The number of fused-ring (bicyclic) bond motifs is 1. The van der Waals surface area contributed by atoms with Crippen molar-refractivity contribution in [3.63, 3.8) is 0 Å². The minimum Gasteiger partial charge on any atom is -0.472 e. The molecule has 4 heterocycles. The summed E-state index contributed by atoms with van der Waals surface area (Å²) in [6.45, 7) is 1.08. The second-order valence-corrected chi connectivity index (χ2v) is 7.39. The lowest BCUT2D eigenvalue weighted by molar-refractivity contribution is 0.0788. The molecule has 146 valence electrons. The van der Waals surface area contributed by atoms with E-state index in [9.17, 15) is 9.18 Å². The van der Waals surface area contributed by atoms with Crippen LogP contribution in [0.15, 0.2) is 59.5 Å².